The van der Waals surface area contributed by atoms with Gasteiger partial charge in [-0.15, -0.1) is 0 Å². The summed E-state index contributed by atoms with van der Waals surface area (Å²) in [5.41, 5.74) is 3.02. The smallest absolute Gasteiger partial charge is 0.232 e. The van der Waals surface area contributed by atoms with Crippen LogP contribution in [0.2, 0.25) is 0 Å². The Hall–Kier alpha value is -3.35. The van der Waals surface area contributed by atoms with E-state index in [1.165, 1.54) is 5.56 Å². The number of nitrogens with zero attached hydrogens (tertiary/aromatic N) is 3. The minimum absolute atomic E-state index is 0.0240. The number of ether oxygens (including phenoxy) is 2. The van der Waals surface area contributed by atoms with Crippen LogP contribution in [0.1, 0.15) is 44.6 Å². The SMILES string of the molecule is CC(C)(C)c1ccc(-c2noc(C3CC(=O)N(c4ccc5c(c4)OCCO5)C3)n2)cc1. The first-order valence-electron chi connectivity index (χ1n) is 10.5. The van der Waals surface area contributed by atoms with Gasteiger partial charge in [0.05, 0.1) is 5.92 Å². The molecule has 3 heterocycles. The standard InChI is InChI=1S/C24H25N3O4/c1-24(2,3)17-6-4-15(5-7-17)22-25-23(31-26-22)16-12-21(28)27(14-16)18-8-9-19-20(13-18)30-11-10-29-19/h4-9,13,16H,10-12,14H2,1-3H3. The van der Waals surface area contributed by atoms with Crippen molar-refractivity contribution in [2.45, 2.75) is 38.5 Å². The first-order valence-corrected chi connectivity index (χ1v) is 10.5. The van der Waals surface area contributed by atoms with E-state index in [0.29, 0.717) is 49.4 Å². The number of amides is 1. The van der Waals surface area contributed by atoms with E-state index < -0.39 is 0 Å². The maximum absolute atomic E-state index is 12.7. The largest absolute Gasteiger partial charge is 0.486 e. The first-order chi connectivity index (χ1) is 14.9. The molecule has 160 valence electrons. The predicted molar refractivity (Wildman–Crippen MR) is 116 cm³/mol. The maximum atomic E-state index is 12.7. The highest BCUT2D eigenvalue weighted by molar-refractivity contribution is 5.96. The average Bonchev–Trinajstić information content (AvgIpc) is 3.40. The van der Waals surface area contributed by atoms with Gasteiger partial charge in [-0.1, -0.05) is 50.2 Å². The minimum Gasteiger partial charge on any atom is -0.486 e. The average molecular weight is 419 g/mol. The van der Waals surface area contributed by atoms with Gasteiger partial charge in [0.2, 0.25) is 17.6 Å². The second kappa shape index (κ2) is 7.41. The van der Waals surface area contributed by atoms with Gasteiger partial charge in [0.15, 0.2) is 11.5 Å². The van der Waals surface area contributed by atoms with E-state index >= 15 is 0 Å². The zero-order valence-corrected chi connectivity index (χ0v) is 17.9. The fourth-order valence-electron chi connectivity index (χ4n) is 3.96. The van der Waals surface area contributed by atoms with Gasteiger partial charge in [-0.2, -0.15) is 4.98 Å². The van der Waals surface area contributed by atoms with Crippen LogP contribution in [0.3, 0.4) is 0 Å². The van der Waals surface area contributed by atoms with Crippen molar-refractivity contribution in [2.75, 3.05) is 24.7 Å². The number of hydrogen-bond donors (Lipinski definition) is 0. The van der Waals surface area contributed by atoms with E-state index in [1.54, 1.807) is 4.90 Å². The molecule has 1 atom stereocenters. The molecule has 5 rings (SSSR count). The predicted octanol–water partition coefficient (Wildman–Crippen LogP) is 4.33. The number of fused-ring (bicyclic) bond motifs is 1. The zero-order valence-electron chi connectivity index (χ0n) is 17.9. The lowest BCUT2D eigenvalue weighted by Gasteiger charge is -2.22. The Bertz CT molecular complexity index is 1110. The third-order valence-electron chi connectivity index (χ3n) is 5.76. The third kappa shape index (κ3) is 3.76. The molecule has 2 aromatic carbocycles. The second-order valence-corrected chi connectivity index (χ2v) is 9.02. The molecule has 0 saturated carbocycles. The molecule has 7 heteroatoms. The lowest BCUT2D eigenvalue weighted by atomic mass is 9.87. The van der Waals surface area contributed by atoms with Crippen LogP contribution >= 0.6 is 0 Å². The molecule has 0 bridgehead atoms. The third-order valence-corrected chi connectivity index (χ3v) is 5.76. The van der Waals surface area contributed by atoms with Gasteiger partial charge in [0.1, 0.15) is 13.2 Å². The normalized spacial score (nSPS) is 18.5. The highest BCUT2D eigenvalue weighted by Gasteiger charge is 2.35. The minimum atomic E-state index is -0.143. The van der Waals surface area contributed by atoms with Crippen LogP contribution in [0.5, 0.6) is 11.5 Å². The van der Waals surface area contributed by atoms with Crippen LogP contribution in [-0.4, -0.2) is 35.8 Å². The van der Waals surface area contributed by atoms with Crippen molar-refractivity contribution in [3.05, 3.63) is 53.9 Å². The molecule has 1 saturated heterocycles. The highest BCUT2D eigenvalue weighted by atomic mass is 16.6. The number of rotatable bonds is 3. The van der Waals surface area contributed by atoms with Crippen LogP contribution in [0.4, 0.5) is 5.69 Å². The monoisotopic (exact) mass is 419 g/mol. The van der Waals surface area contributed by atoms with Gasteiger partial charge in [0.25, 0.3) is 0 Å². The van der Waals surface area contributed by atoms with Gasteiger partial charge in [-0.25, -0.2) is 0 Å². The fraction of sp³-hybridized carbons (Fsp3) is 0.375. The summed E-state index contributed by atoms with van der Waals surface area (Å²) in [6, 6.07) is 13.8. The first kappa shape index (κ1) is 19.6. The van der Waals surface area contributed by atoms with Gasteiger partial charge < -0.3 is 18.9 Å². The Morgan fingerprint density at radius 3 is 2.48 bits per heavy atom. The Labute approximate surface area is 181 Å². The molecule has 0 radical (unpaired) electrons. The Morgan fingerprint density at radius 2 is 1.74 bits per heavy atom. The maximum Gasteiger partial charge on any atom is 0.232 e. The number of carbonyl (C=O) groups excluding carboxylic acids is 1. The summed E-state index contributed by atoms with van der Waals surface area (Å²) in [6.45, 7) is 8.07. The van der Waals surface area contributed by atoms with Crippen molar-refractivity contribution in [1.82, 2.24) is 10.1 Å². The van der Waals surface area contributed by atoms with E-state index in [2.05, 4.69) is 43.0 Å². The zero-order chi connectivity index (χ0) is 21.6. The molecule has 3 aromatic rings. The molecule has 7 nitrogen and oxygen atoms in total. The van der Waals surface area contributed by atoms with Crippen molar-refractivity contribution in [2.24, 2.45) is 0 Å². The van der Waals surface area contributed by atoms with Crippen molar-refractivity contribution in [1.29, 1.82) is 0 Å². The summed E-state index contributed by atoms with van der Waals surface area (Å²) in [4.78, 5) is 19.0. The lowest BCUT2D eigenvalue weighted by Crippen LogP contribution is -2.24. The van der Waals surface area contributed by atoms with E-state index in [4.69, 9.17) is 14.0 Å². The van der Waals surface area contributed by atoms with E-state index in [-0.39, 0.29) is 17.2 Å². The second-order valence-electron chi connectivity index (χ2n) is 9.02. The summed E-state index contributed by atoms with van der Waals surface area (Å²) in [5, 5.41) is 4.15. The van der Waals surface area contributed by atoms with E-state index in [1.807, 2.05) is 30.3 Å². The molecule has 1 fully saturated rings. The van der Waals surface area contributed by atoms with Gasteiger partial charge >= 0.3 is 0 Å². The lowest BCUT2D eigenvalue weighted by molar-refractivity contribution is -0.117. The quantitative estimate of drug-likeness (QED) is 0.629. The summed E-state index contributed by atoms with van der Waals surface area (Å²) < 4.78 is 16.8. The summed E-state index contributed by atoms with van der Waals surface area (Å²) in [6.07, 6.45) is 0.332. The summed E-state index contributed by atoms with van der Waals surface area (Å²) in [7, 11) is 0. The van der Waals surface area contributed by atoms with Crippen LogP contribution in [0.25, 0.3) is 11.4 Å². The molecule has 1 unspecified atom stereocenters. The van der Waals surface area contributed by atoms with Crippen LogP contribution in [0.15, 0.2) is 47.0 Å². The molecule has 0 spiro atoms. The number of carbonyl (C=O) groups is 1. The number of aromatic nitrogens is 2. The van der Waals surface area contributed by atoms with Crippen molar-refractivity contribution < 1.29 is 18.8 Å². The van der Waals surface area contributed by atoms with Crippen molar-refractivity contribution >= 4 is 11.6 Å². The van der Waals surface area contributed by atoms with Crippen molar-refractivity contribution in [3.8, 4) is 22.9 Å². The number of hydrogen-bond acceptors (Lipinski definition) is 6. The summed E-state index contributed by atoms with van der Waals surface area (Å²) >= 11 is 0. The Kier molecular flexibility index (Phi) is 4.68. The molecular weight excluding hydrogens is 394 g/mol. The highest BCUT2D eigenvalue weighted by Crippen LogP contribution is 2.38. The molecule has 2 aliphatic rings. The van der Waals surface area contributed by atoms with Crippen LogP contribution in [-0.2, 0) is 10.2 Å². The fourth-order valence-corrected chi connectivity index (χ4v) is 3.96. The van der Waals surface area contributed by atoms with Gasteiger partial charge in [-0.3, -0.25) is 4.79 Å². The topological polar surface area (TPSA) is 77.7 Å². The molecular formula is C24H25N3O4. The van der Waals surface area contributed by atoms with Gasteiger partial charge in [-0.05, 0) is 23.1 Å². The Morgan fingerprint density at radius 1 is 1.00 bits per heavy atom. The molecule has 0 aliphatic carbocycles. The molecule has 31 heavy (non-hydrogen) atoms. The van der Waals surface area contributed by atoms with E-state index in [0.717, 1.165) is 11.3 Å². The van der Waals surface area contributed by atoms with Crippen LogP contribution in [0, 0.1) is 0 Å². The molecule has 1 aromatic heterocycles. The van der Waals surface area contributed by atoms with Gasteiger partial charge in [0, 0.05) is 30.3 Å². The summed E-state index contributed by atoms with van der Waals surface area (Å²) in [5.74, 6) is 2.28. The number of benzene rings is 2. The Balaban J connectivity index is 1.33. The molecule has 0 N–H and O–H groups in total. The van der Waals surface area contributed by atoms with Crippen molar-refractivity contribution in [3.63, 3.8) is 0 Å². The molecule has 1 amide bonds. The number of anilines is 1. The molecule has 2 aliphatic heterocycles. The van der Waals surface area contributed by atoms with Crippen LogP contribution < -0.4 is 14.4 Å². The van der Waals surface area contributed by atoms with E-state index in [9.17, 15) is 4.79 Å².